The van der Waals surface area contributed by atoms with Crippen molar-refractivity contribution < 1.29 is 14.7 Å². The van der Waals surface area contributed by atoms with Gasteiger partial charge in [0.05, 0.1) is 23.9 Å². The second kappa shape index (κ2) is 8.45. The second-order valence-corrected chi connectivity index (χ2v) is 8.27. The Hall–Kier alpha value is -4.80. The number of hydrogen-bond acceptors (Lipinski definition) is 7. The number of halogens is 1. The molecule has 10 nitrogen and oxygen atoms in total. The fourth-order valence-corrected chi connectivity index (χ4v) is 4.19. The minimum absolute atomic E-state index is 0.00383. The van der Waals surface area contributed by atoms with Crippen molar-refractivity contribution in [2.45, 2.75) is 19.9 Å². The number of nitrogen functional groups attached to an aromatic ring is 1. The number of aromatic nitrogens is 5. The number of imidazole rings is 1. The van der Waals surface area contributed by atoms with Gasteiger partial charge in [-0.3, -0.25) is 18.6 Å². The first-order valence-corrected chi connectivity index (χ1v) is 10.7. The van der Waals surface area contributed by atoms with Gasteiger partial charge in [-0.15, -0.1) is 0 Å². The van der Waals surface area contributed by atoms with E-state index < -0.39 is 30.3 Å². The molecular formula is C25H23FN8O2. The van der Waals surface area contributed by atoms with E-state index in [0.29, 0.717) is 15.7 Å². The number of nitrogens with one attached hydrogen (secondary N) is 1. The monoisotopic (exact) mass is 490 g/mol. The van der Waals surface area contributed by atoms with Crippen LogP contribution >= 0.6 is 0 Å². The number of nitrogens with zero attached hydrogens (tertiary/aromatic N) is 5. The minimum atomic E-state index is -2.90. The first-order chi connectivity index (χ1) is 18.7. The Labute approximate surface area is 210 Å². The topological polar surface area (TPSA) is 146 Å². The normalized spacial score (nSPS) is 15.1. The molecule has 3 heterocycles. The Kier molecular flexibility index (Phi) is 4.35. The molecule has 182 valence electrons. The molecule has 5 rings (SSSR count). The molecule has 3 aromatic heterocycles. The number of aryl methyl sites for hydroxylation is 2. The number of carbonyl (C=O) groups is 1. The van der Waals surface area contributed by atoms with E-state index in [0.717, 1.165) is 12.1 Å². The Balaban J connectivity index is 1.86. The summed E-state index contributed by atoms with van der Waals surface area (Å²) in [4.78, 5) is 38.1. The van der Waals surface area contributed by atoms with Crippen LogP contribution in [0.25, 0.3) is 27.8 Å². The van der Waals surface area contributed by atoms with Gasteiger partial charge in [-0.05, 0) is 49.2 Å². The highest BCUT2D eigenvalue weighted by Gasteiger charge is 2.21. The zero-order valence-electron chi connectivity index (χ0n) is 23.2. The van der Waals surface area contributed by atoms with E-state index in [4.69, 9.17) is 15.6 Å². The Morgan fingerprint density at radius 2 is 1.97 bits per heavy atom. The van der Waals surface area contributed by atoms with Crippen LogP contribution in [0.1, 0.15) is 39.9 Å². The van der Waals surface area contributed by atoms with Gasteiger partial charge in [0.15, 0.2) is 0 Å². The van der Waals surface area contributed by atoms with Crippen molar-refractivity contribution in [3.63, 3.8) is 0 Å². The molecule has 0 fully saturated rings. The van der Waals surface area contributed by atoms with Gasteiger partial charge in [0.2, 0.25) is 5.95 Å². The van der Waals surface area contributed by atoms with Crippen LogP contribution in [0.3, 0.4) is 0 Å². The third kappa shape index (κ3) is 3.70. The quantitative estimate of drug-likeness (QED) is 0.343. The predicted molar refractivity (Wildman–Crippen MR) is 135 cm³/mol. The summed E-state index contributed by atoms with van der Waals surface area (Å²) in [5.74, 6) is -1.59. The summed E-state index contributed by atoms with van der Waals surface area (Å²) < 4.78 is 49.6. The van der Waals surface area contributed by atoms with Gasteiger partial charge in [0, 0.05) is 34.7 Å². The second-order valence-electron chi connectivity index (χ2n) is 8.27. The molecule has 5 aromatic rings. The van der Waals surface area contributed by atoms with Crippen LogP contribution in [-0.4, -0.2) is 29.8 Å². The summed E-state index contributed by atoms with van der Waals surface area (Å²) in [6, 6.07) is 4.79. The maximum Gasteiger partial charge on any atom is 0.261 e. The molecule has 1 unspecified atom stereocenters. The van der Waals surface area contributed by atoms with E-state index >= 15 is 0 Å². The molecule has 2 aromatic carbocycles. The summed E-state index contributed by atoms with van der Waals surface area (Å²) in [5, 5.41) is 2.94. The molecule has 1 atom stereocenters. The number of benzene rings is 2. The highest BCUT2D eigenvalue weighted by molar-refractivity contribution is 5.98. The number of fused-ring (bicyclic) bond motifs is 3. The van der Waals surface area contributed by atoms with Crippen LogP contribution in [-0.2, 0) is 6.98 Å². The van der Waals surface area contributed by atoms with Crippen LogP contribution < -0.4 is 22.3 Å². The molecule has 36 heavy (non-hydrogen) atoms. The van der Waals surface area contributed by atoms with E-state index in [1.54, 1.807) is 13.0 Å². The third-order valence-electron chi connectivity index (χ3n) is 5.80. The molecule has 0 radical (unpaired) electrons. The lowest BCUT2D eigenvalue weighted by Crippen LogP contribution is -2.22. The lowest BCUT2D eigenvalue weighted by molar-refractivity contribution is 0.100. The third-order valence-corrected chi connectivity index (χ3v) is 5.80. The van der Waals surface area contributed by atoms with Gasteiger partial charge in [-0.2, -0.15) is 0 Å². The van der Waals surface area contributed by atoms with E-state index in [2.05, 4.69) is 20.3 Å². The summed E-state index contributed by atoms with van der Waals surface area (Å²) >= 11 is 0. The zero-order chi connectivity index (χ0) is 29.1. The number of carbonyl (C=O) groups excluding carboxylic acids is 1. The average Bonchev–Trinajstić information content (AvgIpc) is 3.28. The number of rotatable bonds is 5. The van der Waals surface area contributed by atoms with E-state index in [1.807, 2.05) is 0 Å². The SMILES string of the molecule is [2H]C(C)(Nc1ccc(F)cc1C(N)=O)c1cc(C)cc2c(=O)n(C([2H])([2H])[2H])c3c(-c4cnc(N)nc4)ncn3c12. The number of anilines is 2. The first kappa shape index (κ1) is 18.5. The maximum absolute atomic E-state index is 13.9. The van der Waals surface area contributed by atoms with Crippen molar-refractivity contribution in [1.29, 1.82) is 0 Å². The van der Waals surface area contributed by atoms with Crippen molar-refractivity contribution in [1.82, 2.24) is 23.9 Å². The smallest absolute Gasteiger partial charge is 0.261 e. The molecule has 0 saturated heterocycles. The molecule has 11 heteroatoms. The largest absolute Gasteiger partial charge is 0.378 e. The van der Waals surface area contributed by atoms with Crippen molar-refractivity contribution in [2.24, 2.45) is 12.7 Å². The molecule has 1 amide bonds. The first-order valence-electron chi connectivity index (χ1n) is 12.7. The maximum atomic E-state index is 13.9. The van der Waals surface area contributed by atoms with Gasteiger partial charge in [0.1, 0.15) is 23.5 Å². The van der Waals surface area contributed by atoms with E-state index in [1.165, 1.54) is 42.2 Å². The molecule has 0 spiro atoms. The summed E-state index contributed by atoms with van der Waals surface area (Å²) in [7, 11) is 0. The molecule has 0 aliphatic rings. The van der Waals surface area contributed by atoms with E-state index in [9.17, 15) is 15.4 Å². The number of primary amides is 1. The molecule has 0 aliphatic carbocycles. The van der Waals surface area contributed by atoms with Crippen molar-refractivity contribution in [2.75, 3.05) is 11.1 Å². The van der Waals surface area contributed by atoms with Crippen LogP contribution in [0.4, 0.5) is 16.0 Å². The molecule has 0 bridgehead atoms. The fraction of sp³-hybridized carbons (Fsp3) is 0.160. The van der Waals surface area contributed by atoms with Gasteiger partial charge < -0.3 is 16.8 Å². The minimum Gasteiger partial charge on any atom is -0.378 e. The van der Waals surface area contributed by atoms with Crippen LogP contribution in [0.15, 0.2) is 53.8 Å². The number of hydrogen-bond donors (Lipinski definition) is 3. The summed E-state index contributed by atoms with van der Waals surface area (Å²) in [6.07, 6.45) is 4.05. The van der Waals surface area contributed by atoms with Gasteiger partial charge in [0.25, 0.3) is 11.5 Å². The zero-order valence-corrected chi connectivity index (χ0v) is 19.2. The van der Waals surface area contributed by atoms with Crippen LogP contribution in [0.5, 0.6) is 0 Å². The van der Waals surface area contributed by atoms with E-state index in [-0.39, 0.29) is 45.0 Å². The Morgan fingerprint density at radius 3 is 2.67 bits per heavy atom. The summed E-state index contributed by atoms with van der Waals surface area (Å²) in [6.45, 7) is 0.273. The van der Waals surface area contributed by atoms with Crippen LogP contribution in [0, 0.1) is 12.7 Å². The highest BCUT2D eigenvalue weighted by Crippen LogP contribution is 2.31. The Morgan fingerprint density at radius 1 is 1.22 bits per heavy atom. The average molecular weight is 491 g/mol. The lowest BCUT2D eigenvalue weighted by Gasteiger charge is -2.21. The molecule has 0 aliphatic heterocycles. The molecular weight excluding hydrogens is 463 g/mol. The number of nitrogens with two attached hydrogens (primary N) is 2. The van der Waals surface area contributed by atoms with Crippen LogP contribution in [0.2, 0.25) is 0 Å². The standard InChI is InChI=1S/C25H23FN8O2/c1-12-6-16(13(2)32-19-5-4-15(26)8-17(19)22(27)35)21-18(7-12)24(36)33(3)23-20(31-11-34(21)23)14-9-29-25(28)30-10-14/h4-11,13,32H,1-3H3,(H2,27,35)(H2,28,29,30)/i3D3,13D. The Bertz CT molecular complexity index is 1880. The van der Waals surface area contributed by atoms with Gasteiger partial charge in [-0.1, -0.05) is 6.07 Å². The van der Waals surface area contributed by atoms with Gasteiger partial charge >= 0.3 is 0 Å². The fourth-order valence-electron chi connectivity index (χ4n) is 4.19. The lowest BCUT2D eigenvalue weighted by atomic mass is 10.00. The van der Waals surface area contributed by atoms with Crippen molar-refractivity contribution in [3.05, 3.63) is 81.9 Å². The van der Waals surface area contributed by atoms with Crippen molar-refractivity contribution in [3.8, 4) is 11.3 Å². The van der Waals surface area contributed by atoms with Crippen molar-refractivity contribution >= 4 is 34.1 Å². The molecule has 5 N–H and O–H groups in total. The number of amides is 1. The highest BCUT2D eigenvalue weighted by atomic mass is 19.1. The summed E-state index contributed by atoms with van der Waals surface area (Å²) in [5.41, 5.74) is 11.5. The predicted octanol–water partition coefficient (Wildman–Crippen LogP) is 2.94. The van der Waals surface area contributed by atoms with Gasteiger partial charge in [-0.25, -0.2) is 19.3 Å². The molecule has 0 saturated carbocycles.